The summed E-state index contributed by atoms with van der Waals surface area (Å²) in [4.78, 5) is 56.3. The highest BCUT2D eigenvalue weighted by Crippen LogP contribution is 2.68. The van der Waals surface area contributed by atoms with Crippen LogP contribution in [0.4, 0.5) is 11.4 Å². The Kier molecular flexibility index (Phi) is 6.84. The number of non-ortho nitro benzene ring substituents is 1. The highest BCUT2D eigenvalue weighted by atomic mass is 32.2. The summed E-state index contributed by atoms with van der Waals surface area (Å²) in [6, 6.07) is 19.6. The van der Waals surface area contributed by atoms with Crippen molar-refractivity contribution < 1.29 is 24.0 Å². The Morgan fingerprint density at radius 2 is 1.67 bits per heavy atom. The van der Waals surface area contributed by atoms with Gasteiger partial charge in [0, 0.05) is 28.2 Å². The molecule has 1 aromatic heterocycles. The van der Waals surface area contributed by atoms with Gasteiger partial charge in [0.2, 0.25) is 11.8 Å². The zero-order chi connectivity index (χ0) is 31.9. The number of nitro benzene ring substituents is 1. The van der Waals surface area contributed by atoms with Gasteiger partial charge in [0.05, 0.1) is 34.6 Å². The van der Waals surface area contributed by atoms with Crippen LogP contribution in [-0.4, -0.2) is 34.1 Å². The van der Waals surface area contributed by atoms with E-state index in [2.05, 4.69) is 4.98 Å². The second-order valence-electron chi connectivity index (χ2n) is 12.4. The quantitative estimate of drug-likeness (QED) is 0.148. The van der Waals surface area contributed by atoms with Crippen molar-refractivity contribution in [3.05, 3.63) is 108 Å². The van der Waals surface area contributed by atoms with Gasteiger partial charge >= 0.3 is 4.87 Å². The predicted octanol–water partition coefficient (Wildman–Crippen LogP) is 5.92. The van der Waals surface area contributed by atoms with Gasteiger partial charge in [-0.3, -0.25) is 29.4 Å². The number of fused-ring (bicyclic) bond motifs is 9. The molecule has 10 nitrogen and oxygen atoms in total. The van der Waals surface area contributed by atoms with Gasteiger partial charge in [-0.25, -0.2) is 0 Å². The minimum atomic E-state index is -0.505. The largest absolute Gasteiger partial charge is 0.493 e. The second kappa shape index (κ2) is 10.8. The van der Waals surface area contributed by atoms with Gasteiger partial charge in [-0.15, -0.1) is 11.8 Å². The second-order valence-corrected chi connectivity index (χ2v) is 14.6. The molecular weight excluding hydrogens is 627 g/mol. The van der Waals surface area contributed by atoms with Gasteiger partial charge in [0.1, 0.15) is 6.61 Å². The number of nitro groups is 1. The summed E-state index contributed by atoms with van der Waals surface area (Å²) in [5, 5.41) is 12.0. The highest BCUT2D eigenvalue weighted by molar-refractivity contribution is 8.00. The van der Waals surface area contributed by atoms with Crippen LogP contribution in [0.25, 0.3) is 0 Å². The number of H-pyrrole nitrogens is 1. The zero-order valence-corrected chi connectivity index (χ0v) is 26.5. The monoisotopic (exact) mass is 655 g/mol. The van der Waals surface area contributed by atoms with Crippen LogP contribution in [0.2, 0.25) is 0 Å². The molecule has 2 bridgehead atoms. The number of imide groups is 1. The van der Waals surface area contributed by atoms with Crippen molar-refractivity contribution in [2.24, 2.45) is 29.6 Å². The van der Waals surface area contributed by atoms with Crippen molar-refractivity contribution in [3.63, 3.8) is 0 Å². The predicted molar refractivity (Wildman–Crippen MR) is 173 cm³/mol. The third-order valence-corrected chi connectivity index (χ3v) is 12.7. The molecule has 8 rings (SSSR count). The first-order valence-corrected chi connectivity index (χ1v) is 16.8. The maximum atomic E-state index is 14.0. The molecule has 7 atom stereocenters. The summed E-state index contributed by atoms with van der Waals surface area (Å²) >= 11 is 2.83. The Hall–Kier alpha value is -4.42. The number of benzene rings is 3. The minimum Gasteiger partial charge on any atom is -0.493 e. The van der Waals surface area contributed by atoms with Crippen LogP contribution in [0.5, 0.6) is 11.5 Å². The first-order valence-electron chi connectivity index (χ1n) is 15.1. The van der Waals surface area contributed by atoms with E-state index in [4.69, 9.17) is 9.47 Å². The number of thiazole rings is 1. The van der Waals surface area contributed by atoms with Crippen molar-refractivity contribution in [2.75, 3.05) is 12.0 Å². The molecule has 2 saturated carbocycles. The summed E-state index contributed by atoms with van der Waals surface area (Å²) in [5.41, 5.74) is 3.45. The maximum Gasteiger partial charge on any atom is 0.305 e. The van der Waals surface area contributed by atoms with Crippen LogP contribution in [0.3, 0.4) is 0 Å². The number of ether oxygens (including phenoxy) is 2. The Labute approximate surface area is 271 Å². The van der Waals surface area contributed by atoms with Crippen LogP contribution in [-0.2, 0) is 16.2 Å². The van der Waals surface area contributed by atoms with E-state index in [0.29, 0.717) is 23.8 Å². The Bertz CT molecular complexity index is 1950. The lowest BCUT2D eigenvalue weighted by Crippen LogP contribution is -2.42. The third kappa shape index (κ3) is 4.41. The maximum absolute atomic E-state index is 14.0. The fourth-order valence-electron chi connectivity index (χ4n) is 8.21. The molecule has 2 aliphatic heterocycles. The number of hydrogen-bond donors (Lipinski definition) is 1. The first kappa shape index (κ1) is 29.0. The number of hydrogen-bond acceptors (Lipinski definition) is 9. The lowest BCUT2D eigenvalue weighted by Gasteiger charge is -2.43. The lowest BCUT2D eigenvalue weighted by atomic mass is 9.68. The number of amides is 2. The number of anilines is 1. The molecule has 3 fully saturated rings. The van der Waals surface area contributed by atoms with E-state index in [0.717, 1.165) is 27.5 Å². The van der Waals surface area contributed by atoms with Gasteiger partial charge < -0.3 is 14.5 Å². The average molecular weight is 656 g/mol. The number of thioether (sulfide) groups is 1. The molecule has 2 aliphatic carbocycles. The topological polar surface area (TPSA) is 132 Å². The molecule has 4 aliphatic rings. The standard InChI is InChI=1S/C34H29N3O7S2/c1-16-3-5-17(6-4-16)15-44-23-12-7-18(13-24(23)43-2)25-26-21-14-22(29(26)45-31-30(25)46-34(40)35-31)28-27(21)32(38)36(33(28)39)19-8-10-20(11-9-19)37(41)42/h3-13,21-22,25-29H,14-15H2,1-2H3,(H,35,40)/t21?,22?,25-,26?,27?,28?,29?/m1/s1. The molecule has 12 heteroatoms. The molecule has 6 unspecified atom stereocenters. The number of nitrogens with one attached hydrogen (secondary N) is 1. The minimum absolute atomic E-state index is 0.0211. The van der Waals surface area contributed by atoms with Crippen LogP contribution in [0.1, 0.15) is 33.9 Å². The number of carbonyl (C=O) groups is 2. The van der Waals surface area contributed by atoms with E-state index in [9.17, 15) is 24.5 Å². The summed E-state index contributed by atoms with van der Waals surface area (Å²) in [6.07, 6.45) is 0.758. The number of rotatable bonds is 7. The zero-order valence-electron chi connectivity index (χ0n) is 24.9. The number of aromatic amines is 1. The number of carbonyl (C=O) groups excluding carboxylic acids is 2. The van der Waals surface area contributed by atoms with Gasteiger partial charge in [0.15, 0.2) is 11.5 Å². The molecular formula is C34H29N3O7S2. The fraction of sp³-hybridized carbons (Fsp3) is 0.324. The van der Waals surface area contributed by atoms with Crippen molar-refractivity contribution >= 4 is 46.3 Å². The van der Waals surface area contributed by atoms with Gasteiger partial charge in [0.25, 0.3) is 5.69 Å². The van der Waals surface area contributed by atoms with Gasteiger partial charge in [-0.1, -0.05) is 47.2 Å². The number of aryl methyl sites for hydroxylation is 1. The van der Waals surface area contributed by atoms with Gasteiger partial charge in [-0.2, -0.15) is 0 Å². The van der Waals surface area contributed by atoms with Crippen LogP contribution >= 0.6 is 23.1 Å². The van der Waals surface area contributed by atoms with Crippen molar-refractivity contribution in [1.82, 2.24) is 4.98 Å². The Balaban J connectivity index is 1.13. The van der Waals surface area contributed by atoms with E-state index < -0.39 is 16.8 Å². The fourth-order valence-corrected chi connectivity index (χ4v) is 11.1. The van der Waals surface area contributed by atoms with Crippen LogP contribution in [0, 0.1) is 46.6 Å². The smallest absolute Gasteiger partial charge is 0.305 e. The number of aromatic nitrogens is 1. The Morgan fingerprint density at radius 1 is 0.957 bits per heavy atom. The molecule has 0 radical (unpaired) electrons. The normalized spacial score (nSPS) is 27.3. The Morgan fingerprint density at radius 3 is 2.37 bits per heavy atom. The molecule has 1 saturated heterocycles. The molecule has 46 heavy (non-hydrogen) atoms. The molecule has 4 aromatic rings. The number of nitrogens with zero attached hydrogens (tertiary/aromatic N) is 2. The average Bonchev–Trinajstić information content (AvgIpc) is 3.79. The number of methoxy groups -OCH3 is 1. The van der Waals surface area contributed by atoms with E-state index in [1.807, 2.05) is 49.4 Å². The highest BCUT2D eigenvalue weighted by Gasteiger charge is 2.69. The molecule has 234 valence electrons. The molecule has 2 amide bonds. The van der Waals surface area contributed by atoms with Gasteiger partial charge in [-0.05, 0) is 66.5 Å². The van der Waals surface area contributed by atoms with E-state index in [-0.39, 0.29) is 51.3 Å². The van der Waals surface area contributed by atoms with Crippen molar-refractivity contribution in [1.29, 1.82) is 0 Å². The van der Waals surface area contributed by atoms with E-state index >= 15 is 0 Å². The summed E-state index contributed by atoms with van der Waals surface area (Å²) < 4.78 is 11.9. The lowest BCUT2D eigenvalue weighted by molar-refractivity contribution is -0.384. The molecule has 3 aromatic carbocycles. The van der Waals surface area contributed by atoms with Crippen molar-refractivity contribution in [2.45, 2.75) is 36.1 Å². The summed E-state index contributed by atoms with van der Waals surface area (Å²) in [7, 11) is 1.61. The van der Waals surface area contributed by atoms with Crippen LogP contribution < -0.4 is 19.2 Å². The van der Waals surface area contributed by atoms with E-state index in [1.54, 1.807) is 18.9 Å². The molecule has 1 N–H and O–H groups in total. The van der Waals surface area contributed by atoms with E-state index in [1.165, 1.54) is 46.1 Å². The third-order valence-electron chi connectivity index (χ3n) is 10.1. The summed E-state index contributed by atoms with van der Waals surface area (Å²) in [6.45, 7) is 2.43. The van der Waals surface area contributed by atoms with Crippen molar-refractivity contribution in [3.8, 4) is 11.5 Å². The molecule has 0 spiro atoms. The van der Waals surface area contributed by atoms with Crippen LogP contribution in [0.15, 0.2) is 76.6 Å². The summed E-state index contributed by atoms with van der Waals surface area (Å²) in [5.74, 6) is -0.480. The SMILES string of the molecule is COc1cc([C@H]2c3sc(=O)[nH]c3SC3C4CC(C5C(=O)N(c6ccc([N+](=O)[O-])cc6)C(=O)C45)C32)ccc1OCc1ccc(C)cc1. The molecule has 3 heterocycles. The first-order chi connectivity index (χ1) is 22.2.